The summed E-state index contributed by atoms with van der Waals surface area (Å²) in [5.41, 5.74) is 4.90. The van der Waals surface area contributed by atoms with E-state index in [1.165, 1.54) is 30.6 Å². The van der Waals surface area contributed by atoms with Gasteiger partial charge in [-0.3, -0.25) is 15.5 Å². The van der Waals surface area contributed by atoms with Crippen molar-refractivity contribution in [1.82, 2.24) is 4.98 Å². The van der Waals surface area contributed by atoms with Crippen LogP contribution in [0.1, 0.15) is 5.56 Å². The molecule has 0 unspecified atom stereocenters. The third-order valence-electron chi connectivity index (χ3n) is 3.92. The highest BCUT2D eigenvalue weighted by Crippen LogP contribution is 2.37. The minimum Gasteiger partial charge on any atom is -0.493 e. The molecule has 0 bridgehead atoms. The lowest BCUT2D eigenvalue weighted by atomic mass is 10.1. The zero-order chi connectivity index (χ0) is 20.8. The van der Waals surface area contributed by atoms with Gasteiger partial charge in [0, 0.05) is 28.6 Å². The van der Waals surface area contributed by atoms with Crippen LogP contribution in [0.15, 0.2) is 46.9 Å². The molecule has 0 aliphatic heterocycles. The lowest BCUT2D eigenvalue weighted by Gasteiger charge is -2.12. The molecule has 1 aromatic heterocycles. The lowest BCUT2D eigenvalue weighted by molar-refractivity contribution is -0.384. The first-order chi connectivity index (χ1) is 14.0. The summed E-state index contributed by atoms with van der Waals surface area (Å²) in [6, 6.07) is 9.86. The van der Waals surface area contributed by atoms with Crippen LogP contribution >= 0.6 is 11.3 Å². The van der Waals surface area contributed by atoms with Crippen molar-refractivity contribution < 1.29 is 19.1 Å². The van der Waals surface area contributed by atoms with Crippen molar-refractivity contribution in [3.8, 4) is 28.5 Å². The van der Waals surface area contributed by atoms with Crippen molar-refractivity contribution in [1.29, 1.82) is 0 Å². The summed E-state index contributed by atoms with van der Waals surface area (Å²) in [5.74, 6) is 1.55. The van der Waals surface area contributed by atoms with E-state index in [0.29, 0.717) is 33.6 Å². The van der Waals surface area contributed by atoms with E-state index >= 15 is 0 Å². The fourth-order valence-electron chi connectivity index (χ4n) is 2.57. The van der Waals surface area contributed by atoms with Gasteiger partial charge in [-0.1, -0.05) is 12.1 Å². The second-order valence-corrected chi connectivity index (χ2v) is 6.53. The van der Waals surface area contributed by atoms with Crippen LogP contribution in [-0.4, -0.2) is 37.5 Å². The summed E-state index contributed by atoms with van der Waals surface area (Å²) in [7, 11) is 4.63. The Hall–Kier alpha value is -3.66. The Kier molecular flexibility index (Phi) is 6.25. The van der Waals surface area contributed by atoms with Crippen LogP contribution in [-0.2, 0) is 0 Å². The highest BCUT2D eigenvalue weighted by molar-refractivity contribution is 7.14. The highest BCUT2D eigenvalue weighted by atomic mass is 32.1. The predicted molar refractivity (Wildman–Crippen MR) is 112 cm³/mol. The number of nitrogens with one attached hydrogen (secondary N) is 1. The zero-order valence-corrected chi connectivity index (χ0v) is 16.7. The SMILES string of the molecule is COc1cc(/C=N/Nc2nc(-c3cccc([N+](=O)[O-])c3)cs2)cc(OC)c1OC. The molecule has 0 aliphatic rings. The first-order valence-electron chi connectivity index (χ1n) is 8.35. The normalized spacial score (nSPS) is 10.7. The van der Waals surface area contributed by atoms with Crippen LogP contribution in [0.3, 0.4) is 0 Å². The van der Waals surface area contributed by atoms with Gasteiger partial charge < -0.3 is 14.2 Å². The quantitative estimate of drug-likeness (QED) is 0.334. The fourth-order valence-corrected chi connectivity index (χ4v) is 3.24. The number of methoxy groups -OCH3 is 3. The Bertz CT molecular complexity index is 1030. The number of aromatic nitrogens is 1. The molecule has 2 aromatic carbocycles. The summed E-state index contributed by atoms with van der Waals surface area (Å²) in [6.07, 6.45) is 1.60. The third-order valence-corrected chi connectivity index (χ3v) is 4.66. The molecule has 0 amide bonds. The van der Waals surface area contributed by atoms with Crippen molar-refractivity contribution in [2.45, 2.75) is 0 Å². The van der Waals surface area contributed by atoms with E-state index in [1.807, 2.05) is 0 Å². The van der Waals surface area contributed by atoms with E-state index < -0.39 is 4.92 Å². The number of nitrogens with zero attached hydrogens (tertiary/aromatic N) is 3. The molecule has 0 radical (unpaired) electrons. The molecule has 0 fully saturated rings. The van der Waals surface area contributed by atoms with E-state index in [9.17, 15) is 10.1 Å². The van der Waals surface area contributed by atoms with Crippen molar-refractivity contribution in [2.24, 2.45) is 5.10 Å². The number of anilines is 1. The fraction of sp³-hybridized carbons (Fsp3) is 0.158. The standard InChI is InChI=1S/C19H18N4O5S/c1-26-16-7-12(8-17(27-2)18(16)28-3)10-20-22-19-21-15(11-29-19)13-5-4-6-14(9-13)23(24)25/h4-11H,1-3H3,(H,21,22)/b20-10+. The summed E-state index contributed by atoms with van der Waals surface area (Å²) >= 11 is 1.34. The topological polar surface area (TPSA) is 108 Å². The highest BCUT2D eigenvalue weighted by Gasteiger charge is 2.12. The predicted octanol–water partition coefficient (Wildman–Crippen LogP) is 4.19. The number of thiazole rings is 1. The number of non-ortho nitro benzene ring substituents is 1. The summed E-state index contributed by atoms with van der Waals surface area (Å²) < 4.78 is 15.9. The van der Waals surface area contributed by atoms with Crippen molar-refractivity contribution in [3.05, 3.63) is 57.5 Å². The second-order valence-electron chi connectivity index (χ2n) is 5.67. The molecule has 1 heterocycles. The average Bonchev–Trinajstić information content (AvgIpc) is 3.22. The lowest BCUT2D eigenvalue weighted by Crippen LogP contribution is -1.97. The van der Waals surface area contributed by atoms with Gasteiger partial charge in [0.05, 0.1) is 38.2 Å². The molecule has 1 N–H and O–H groups in total. The van der Waals surface area contributed by atoms with Gasteiger partial charge in [-0.05, 0) is 12.1 Å². The second kappa shape index (κ2) is 9.02. The molecular formula is C19H18N4O5S. The Morgan fingerprint density at radius 2 is 1.86 bits per heavy atom. The maximum Gasteiger partial charge on any atom is 0.270 e. The number of ether oxygens (including phenoxy) is 3. The maximum atomic E-state index is 10.9. The Labute approximate surface area is 170 Å². The first-order valence-corrected chi connectivity index (χ1v) is 9.23. The Morgan fingerprint density at radius 3 is 2.48 bits per heavy atom. The number of nitro benzene ring substituents is 1. The molecule has 0 aliphatic carbocycles. The minimum atomic E-state index is -0.434. The van der Waals surface area contributed by atoms with Gasteiger partial charge >= 0.3 is 0 Å². The number of nitro groups is 1. The van der Waals surface area contributed by atoms with E-state index in [-0.39, 0.29) is 5.69 Å². The molecule has 0 atom stereocenters. The summed E-state index contributed by atoms with van der Waals surface area (Å²) in [5, 5.41) is 17.5. The molecule has 150 valence electrons. The zero-order valence-electron chi connectivity index (χ0n) is 15.9. The van der Waals surface area contributed by atoms with Gasteiger partial charge in [0.1, 0.15) is 0 Å². The molecule has 0 spiro atoms. The van der Waals surface area contributed by atoms with E-state index in [4.69, 9.17) is 14.2 Å². The Balaban J connectivity index is 1.75. The number of hydrogen-bond acceptors (Lipinski definition) is 9. The monoisotopic (exact) mass is 414 g/mol. The van der Waals surface area contributed by atoms with Gasteiger partial charge in [-0.15, -0.1) is 11.3 Å². The molecule has 0 saturated heterocycles. The first kappa shape index (κ1) is 20.1. The van der Waals surface area contributed by atoms with E-state index in [0.717, 1.165) is 5.56 Å². The number of benzene rings is 2. The van der Waals surface area contributed by atoms with Gasteiger partial charge in [0.2, 0.25) is 10.9 Å². The third kappa shape index (κ3) is 4.61. The molecule has 10 heteroatoms. The van der Waals surface area contributed by atoms with Gasteiger partial charge in [0.25, 0.3) is 5.69 Å². The Morgan fingerprint density at radius 1 is 1.14 bits per heavy atom. The van der Waals surface area contributed by atoms with E-state index in [1.54, 1.807) is 50.1 Å². The van der Waals surface area contributed by atoms with E-state index in [2.05, 4.69) is 15.5 Å². The van der Waals surface area contributed by atoms with Crippen LogP contribution in [0, 0.1) is 10.1 Å². The number of rotatable bonds is 8. The molecule has 0 saturated carbocycles. The molecule has 3 rings (SSSR count). The van der Waals surface area contributed by atoms with Crippen LogP contribution in [0.25, 0.3) is 11.3 Å². The van der Waals surface area contributed by atoms with Gasteiger partial charge in [-0.2, -0.15) is 5.10 Å². The van der Waals surface area contributed by atoms with Gasteiger partial charge in [0.15, 0.2) is 11.5 Å². The molecule has 3 aromatic rings. The molecule has 9 nitrogen and oxygen atoms in total. The van der Waals surface area contributed by atoms with Crippen LogP contribution in [0.4, 0.5) is 10.8 Å². The number of hydrogen-bond donors (Lipinski definition) is 1. The smallest absolute Gasteiger partial charge is 0.270 e. The average molecular weight is 414 g/mol. The van der Waals surface area contributed by atoms with Crippen LogP contribution in [0.5, 0.6) is 17.2 Å². The molecular weight excluding hydrogens is 396 g/mol. The minimum absolute atomic E-state index is 0.0189. The molecule has 29 heavy (non-hydrogen) atoms. The largest absolute Gasteiger partial charge is 0.493 e. The maximum absolute atomic E-state index is 10.9. The van der Waals surface area contributed by atoms with Gasteiger partial charge in [-0.25, -0.2) is 4.98 Å². The summed E-state index contributed by atoms with van der Waals surface area (Å²) in [6.45, 7) is 0. The van der Waals surface area contributed by atoms with Crippen molar-refractivity contribution in [3.63, 3.8) is 0 Å². The van der Waals surface area contributed by atoms with Crippen LogP contribution in [0.2, 0.25) is 0 Å². The van der Waals surface area contributed by atoms with Crippen molar-refractivity contribution >= 4 is 28.4 Å². The summed E-state index contributed by atoms with van der Waals surface area (Å²) in [4.78, 5) is 14.9. The van der Waals surface area contributed by atoms with Crippen molar-refractivity contribution in [2.75, 3.05) is 26.8 Å². The van der Waals surface area contributed by atoms with Crippen LogP contribution < -0.4 is 19.6 Å². The number of hydrazone groups is 1.